The predicted octanol–water partition coefficient (Wildman–Crippen LogP) is 4.47. The lowest BCUT2D eigenvalue weighted by molar-refractivity contribution is 0.136. The van der Waals surface area contributed by atoms with Crippen molar-refractivity contribution < 1.29 is 0 Å². The second kappa shape index (κ2) is 6.71. The summed E-state index contributed by atoms with van der Waals surface area (Å²) >= 11 is 0. The fraction of sp³-hybridized carbons (Fsp3) is 0.722. The van der Waals surface area contributed by atoms with Gasteiger partial charge in [0.15, 0.2) is 0 Å². The summed E-state index contributed by atoms with van der Waals surface area (Å²) in [6, 6.07) is 4.84. The van der Waals surface area contributed by atoms with Gasteiger partial charge in [0.1, 0.15) is 0 Å². The third kappa shape index (κ3) is 3.82. The van der Waals surface area contributed by atoms with Crippen molar-refractivity contribution in [2.75, 3.05) is 0 Å². The van der Waals surface area contributed by atoms with Gasteiger partial charge >= 0.3 is 0 Å². The van der Waals surface area contributed by atoms with Crippen LogP contribution >= 0.6 is 0 Å². The predicted molar refractivity (Wildman–Crippen MR) is 85.6 cm³/mol. The van der Waals surface area contributed by atoms with E-state index in [0.29, 0.717) is 11.5 Å². The van der Waals surface area contributed by atoms with E-state index >= 15 is 0 Å². The highest BCUT2D eigenvalue weighted by Crippen LogP contribution is 2.40. The van der Waals surface area contributed by atoms with Crippen molar-refractivity contribution in [2.24, 2.45) is 11.3 Å². The van der Waals surface area contributed by atoms with E-state index in [2.05, 4.69) is 44.1 Å². The summed E-state index contributed by atoms with van der Waals surface area (Å²) in [5.74, 6) is 0.905. The molecule has 2 rings (SSSR count). The summed E-state index contributed by atoms with van der Waals surface area (Å²) in [6.45, 7) is 10.3. The molecule has 0 aliphatic heterocycles. The summed E-state index contributed by atoms with van der Waals surface area (Å²) in [6.07, 6.45) is 8.58. The van der Waals surface area contributed by atoms with Crippen molar-refractivity contribution in [1.82, 2.24) is 10.3 Å². The Morgan fingerprint density at radius 1 is 1.25 bits per heavy atom. The quantitative estimate of drug-likeness (QED) is 0.856. The zero-order valence-electron chi connectivity index (χ0n) is 13.6. The molecule has 20 heavy (non-hydrogen) atoms. The minimum Gasteiger partial charge on any atom is -0.308 e. The van der Waals surface area contributed by atoms with E-state index in [-0.39, 0.29) is 0 Å². The van der Waals surface area contributed by atoms with Crippen molar-refractivity contribution in [1.29, 1.82) is 0 Å². The van der Waals surface area contributed by atoms with Crippen LogP contribution in [0.15, 0.2) is 18.3 Å². The van der Waals surface area contributed by atoms with Gasteiger partial charge in [0.2, 0.25) is 0 Å². The third-order valence-corrected chi connectivity index (χ3v) is 5.42. The van der Waals surface area contributed by atoms with Crippen LogP contribution in [0.3, 0.4) is 0 Å². The van der Waals surface area contributed by atoms with Crippen LogP contribution in [-0.2, 0) is 6.54 Å². The Kier molecular flexibility index (Phi) is 5.20. The molecule has 1 aliphatic rings. The molecule has 1 saturated carbocycles. The smallest absolute Gasteiger partial charge is 0.0570 e. The Bertz CT molecular complexity index is 417. The number of aryl methyl sites for hydroxylation is 1. The largest absolute Gasteiger partial charge is 0.308 e. The first-order chi connectivity index (χ1) is 9.53. The number of rotatable bonds is 5. The maximum Gasteiger partial charge on any atom is 0.0570 e. The minimum atomic E-state index is 0.516. The summed E-state index contributed by atoms with van der Waals surface area (Å²) in [5, 5.41) is 3.71. The highest BCUT2D eigenvalue weighted by Gasteiger charge is 2.31. The lowest BCUT2D eigenvalue weighted by Crippen LogP contribution is -2.36. The SMILES string of the molecule is CCC(C)(C)C1CCC(NCc2ncccc2C)CC1. The Balaban J connectivity index is 1.79. The molecule has 0 aromatic carbocycles. The van der Waals surface area contributed by atoms with E-state index in [9.17, 15) is 0 Å². The third-order valence-electron chi connectivity index (χ3n) is 5.42. The number of pyridine rings is 1. The molecule has 112 valence electrons. The highest BCUT2D eigenvalue weighted by atomic mass is 14.9. The Morgan fingerprint density at radius 2 is 1.95 bits per heavy atom. The molecule has 0 saturated heterocycles. The molecule has 1 N–H and O–H groups in total. The zero-order valence-corrected chi connectivity index (χ0v) is 13.6. The Morgan fingerprint density at radius 3 is 2.55 bits per heavy atom. The summed E-state index contributed by atoms with van der Waals surface area (Å²) in [4.78, 5) is 4.47. The van der Waals surface area contributed by atoms with Crippen LogP contribution in [0.5, 0.6) is 0 Å². The van der Waals surface area contributed by atoms with E-state index in [0.717, 1.165) is 12.5 Å². The standard InChI is InChI=1S/C18H30N2/c1-5-18(3,4)15-8-10-16(11-9-15)20-13-17-14(2)7-6-12-19-17/h6-7,12,15-16,20H,5,8-11,13H2,1-4H3. The molecular weight excluding hydrogens is 244 g/mol. The minimum absolute atomic E-state index is 0.516. The molecular formula is C18H30N2. The number of nitrogens with zero attached hydrogens (tertiary/aromatic N) is 1. The van der Waals surface area contributed by atoms with E-state index < -0.39 is 0 Å². The Labute approximate surface area is 124 Å². The van der Waals surface area contributed by atoms with Gasteiger partial charge in [-0.15, -0.1) is 0 Å². The maximum atomic E-state index is 4.47. The van der Waals surface area contributed by atoms with Gasteiger partial charge in [0, 0.05) is 18.8 Å². The molecule has 0 spiro atoms. The van der Waals surface area contributed by atoms with E-state index in [1.807, 2.05) is 12.3 Å². The van der Waals surface area contributed by atoms with Gasteiger partial charge in [0.25, 0.3) is 0 Å². The van der Waals surface area contributed by atoms with Gasteiger partial charge < -0.3 is 5.32 Å². The van der Waals surface area contributed by atoms with E-state index in [1.54, 1.807) is 0 Å². The van der Waals surface area contributed by atoms with Gasteiger partial charge in [-0.2, -0.15) is 0 Å². The molecule has 0 radical (unpaired) electrons. The number of aromatic nitrogens is 1. The average Bonchev–Trinajstić information content (AvgIpc) is 2.47. The normalized spacial score (nSPS) is 23.8. The van der Waals surface area contributed by atoms with Crippen molar-refractivity contribution in [3.05, 3.63) is 29.6 Å². The van der Waals surface area contributed by atoms with Gasteiger partial charge in [-0.3, -0.25) is 4.98 Å². The molecule has 0 amide bonds. The molecule has 0 unspecified atom stereocenters. The fourth-order valence-electron chi connectivity index (χ4n) is 3.31. The molecule has 2 heteroatoms. The molecule has 0 bridgehead atoms. The molecule has 1 heterocycles. The van der Waals surface area contributed by atoms with Crippen molar-refractivity contribution >= 4 is 0 Å². The van der Waals surface area contributed by atoms with Crippen LogP contribution in [-0.4, -0.2) is 11.0 Å². The molecule has 2 nitrogen and oxygen atoms in total. The van der Waals surface area contributed by atoms with Crippen LogP contribution in [0.4, 0.5) is 0 Å². The second-order valence-corrected chi connectivity index (χ2v) is 7.04. The van der Waals surface area contributed by atoms with Crippen LogP contribution < -0.4 is 5.32 Å². The number of hydrogen-bond acceptors (Lipinski definition) is 2. The molecule has 1 aromatic heterocycles. The Hall–Kier alpha value is -0.890. The van der Waals surface area contributed by atoms with Gasteiger partial charge in [0.05, 0.1) is 5.69 Å². The summed E-state index contributed by atoms with van der Waals surface area (Å²) in [7, 11) is 0. The molecule has 0 atom stereocenters. The first kappa shape index (κ1) is 15.5. The fourth-order valence-corrected chi connectivity index (χ4v) is 3.31. The number of hydrogen-bond donors (Lipinski definition) is 1. The van der Waals surface area contributed by atoms with Crippen molar-refractivity contribution in [3.63, 3.8) is 0 Å². The van der Waals surface area contributed by atoms with Crippen LogP contribution in [0.2, 0.25) is 0 Å². The first-order valence-electron chi connectivity index (χ1n) is 8.17. The highest BCUT2D eigenvalue weighted by molar-refractivity contribution is 5.17. The van der Waals surface area contributed by atoms with Crippen LogP contribution in [0.1, 0.15) is 64.1 Å². The maximum absolute atomic E-state index is 4.47. The topological polar surface area (TPSA) is 24.9 Å². The lowest BCUT2D eigenvalue weighted by atomic mass is 9.69. The lowest BCUT2D eigenvalue weighted by Gasteiger charge is -2.39. The second-order valence-electron chi connectivity index (χ2n) is 7.04. The van der Waals surface area contributed by atoms with Crippen LogP contribution in [0, 0.1) is 18.3 Å². The van der Waals surface area contributed by atoms with Crippen molar-refractivity contribution in [2.45, 2.75) is 72.4 Å². The first-order valence-corrected chi connectivity index (χ1v) is 8.17. The monoisotopic (exact) mass is 274 g/mol. The molecule has 1 fully saturated rings. The van der Waals surface area contributed by atoms with Crippen molar-refractivity contribution in [3.8, 4) is 0 Å². The van der Waals surface area contributed by atoms with Gasteiger partial charge in [-0.25, -0.2) is 0 Å². The number of nitrogens with one attached hydrogen (secondary N) is 1. The molecule has 1 aromatic rings. The van der Waals surface area contributed by atoms with Gasteiger partial charge in [-0.1, -0.05) is 33.3 Å². The van der Waals surface area contributed by atoms with Crippen LogP contribution in [0.25, 0.3) is 0 Å². The molecule has 1 aliphatic carbocycles. The summed E-state index contributed by atoms with van der Waals surface area (Å²) < 4.78 is 0. The summed E-state index contributed by atoms with van der Waals surface area (Å²) in [5.41, 5.74) is 3.01. The van der Waals surface area contributed by atoms with Gasteiger partial charge in [-0.05, 0) is 55.6 Å². The average molecular weight is 274 g/mol. The van der Waals surface area contributed by atoms with E-state index in [4.69, 9.17) is 0 Å². The van der Waals surface area contributed by atoms with E-state index in [1.165, 1.54) is 43.4 Å². The zero-order chi connectivity index (χ0) is 14.6.